The summed E-state index contributed by atoms with van der Waals surface area (Å²) in [6.45, 7) is 1.97. The SMILES string of the molecule is Cc1ccc(-c2c(S(=O)(=O)c3ccccc3)nnn2-c2ccc(N)cc2)cc1. The van der Waals surface area contributed by atoms with Crippen LogP contribution >= 0.6 is 0 Å². The fraction of sp³-hybridized carbons (Fsp3) is 0.0476. The molecule has 28 heavy (non-hydrogen) atoms. The molecule has 140 valence electrons. The summed E-state index contributed by atoms with van der Waals surface area (Å²) >= 11 is 0. The number of nitrogens with zero attached hydrogens (tertiary/aromatic N) is 3. The molecule has 0 bridgehead atoms. The Balaban J connectivity index is 1.97. The molecule has 4 aromatic rings. The maximum atomic E-state index is 13.3. The third-order valence-electron chi connectivity index (χ3n) is 4.41. The zero-order chi connectivity index (χ0) is 19.7. The number of benzene rings is 3. The van der Waals surface area contributed by atoms with Gasteiger partial charge in [-0.15, -0.1) is 5.10 Å². The summed E-state index contributed by atoms with van der Waals surface area (Å²) in [6.07, 6.45) is 0. The Morgan fingerprint density at radius 2 is 1.50 bits per heavy atom. The van der Waals surface area contributed by atoms with Gasteiger partial charge in [-0.25, -0.2) is 13.1 Å². The number of aryl methyl sites for hydroxylation is 1. The minimum absolute atomic E-state index is 0.0839. The lowest BCUT2D eigenvalue weighted by atomic mass is 10.1. The standard InChI is InChI=1S/C21H18N4O2S/c1-15-7-9-16(10-8-15)20-21(28(26,27)19-5-3-2-4-6-19)23-24-25(20)18-13-11-17(22)12-14-18/h2-14H,22H2,1H3. The number of sulfone groups is 1. The van der Waals surface area contributed by atoms with Crippen LogP contribution in [0.15, 0.2) is 88.8 Å². The van der Waals surface area contributed by atoms with E-state index in [1.165, 1.54) is 4.68 Å². The third kappa shape index (κ3) is 3.16. The van der Waals surface area contributed by atoms with E-state index in [4.69, 9.17) is 5.73 Å². The van der Waals surface area contributed by atoms with Crippen molar-refractivity contribution in [1.29, 1.82) is 0 Å². The molecule has 0 amide bonds. The van der Waals surface area contributed by atoms with Crippen LogP contribution in [0.1, 0.15) is 5.56 Å². The van der Waals surface area contributed by atoms with Gasteiger partial charge in [-0.1, -0.05) is 53.2 Å². The van der Waals surface area contributed by atoms with E-state index >= 15 is 0 Å². The van der Waals surface area contributed by atoms with Crippen molar-refractivity contribution in [3.63, 3.8) is 0 Å². The minimum Gasteiger partial charge on any atom is -0.399 e. The molecular weight excluding hydrogens is 372 g/mol. The molecule has 0 aliphatic rings. The lowest BCUT2D eigenvalue weighted by Gasteiger charge is -2.10. The number of nitrogens with two attached hydrogens (primary N) is 1. The first-order chi connectivity index (χ1) is 13.5. The lowest BCUT2D eigenvalue weighted by molar-refractivity contribution is 0.592. The van der Waals surface area contributed by atoms with E-state index in [1.54, 1.807) is 54.6 Å². The molecule has 0 spiro atoms. The molecule has 6 nitrogen and oxygen atoms in total. The van der Waals surface area contributed by atoms with Crippen molar-refractivity contribution in [2.45, 2.75) is 16.8 Å². The quantitative estimate of drug-likeness (QED) is 0.537. The molecule has 0 atom stereocenters. The maximum Gasteiger partial charge on any atom is 0.227 e. The van der Waals surface area contributed by atoms with Gasteiger partial charge in [0, 0.05) is 11.3 Å². The van der Waals surface area contributed by atoms with Crippen LogP contribution < -0.4 is 5.73 Å². The van der Waals surface area contributed by atoms with Crippen LogP contribution in [0.2, 0.25) is 0 Å². The zero-order valence-corrected chi connectivity index (χ0v) is 16.0. The number of hydrogen-bond acceptors (Lipinski definition) is 5. The van der Waals surface area contributed by atoms with Gasteiger partial charge in [0.2, 0.25) is 14.9 Å². The third-order valence-corrected chi connectivity index (χ3v) is 6.09. The van der Waals surface area contributed by atoms with Crippen LogP contribution in [0.3, 0.4) is 0 Å². The molecule has 0 radical (unpaired) electrons. The second-order valence-corrected chi connectivity index (χ2v) is 8.29. The molecule has 0 aliphatic heterocycles. The second kappa shape index (κ2) is 6.94. The van der Waals surface area contributed by atoms with Crippen molar-refractivity contribution in [3.8, 4) is 16.9 Å². The van der Waals surface area contributed by atoms with Gasteiger partial charge in [-0.3, -0.25) is 0 Å². The summed E-state index contributed by atoms with van der Waals surface area (Å²) in [5.41, 5.74) is 9.25. The van der Waals surface area contributed by atoms with Crippen molar-refractivity contribution in [2.24, 2.45) is 0 Å². The van der Waals surface area contributed by atoms with Crippen LogP contribution in [-0.4, -0.2) is 23.4 Å². The minimum atomic E-state index is -3.84. The number of aromatic nitrogens is 3. The number of anilines is 1. The molecular formula is C21H18N4O2S. The highest BCUT2D eigenvalue weighted by molar-refractivity contribution is 7.91. The topological polar surface area (TPSA) is 90.9 Å². The van der Waals surface area contributed by atoms with Gasteiger partial charge >= 0.3 is 0 Å². The summed E-state index contributed by atoms with van der Waals surface area (Å²) in [4.78, 5) is 0.174. The first kappa shape index (κ1) is 17.9. The molecule has 0 saturated heterocycles. The number of rotatable bonds is 4. The van der Waals surface area contributed by atoms with E-state index < -0.39 is 9.84 Å². The zero-order valence-electron chi connectivity index (χ0n) is 15.1. The first-order valence-electron chi connectivity index (χ1n) is 8.65. The van der Waals surface area contributed by atoms with E-state index in [1.807, 2.05) is 31.2 Å². The van der Waals surface area contributed by atoms with Crippen molar-refractivity contribution in [3.05, 3.63) is 84.4 Å². The summed E-state index contributed by atoms with van der Waals surface area (Å²) in [6, 6.07) is 22.9. The van der Waals surface area contributed by atoms with Gasteiger partial charge in [-0.05, 0) is 43.3 Å². The molecule has 2 N–H and O–H groups in total. The van der Waals surface area contributed by atoms with E-state index in [0.29, 0.717) is 22.6 Å². The molecule has 0 aliphatic carbocycles. The van der Waals surface area contributed by atoms with Crippen LogP contribution in [0, 0.1) is 6.92 Å². The van der Waals surface area contributed by atoms with Gasteiger partial charge in [0.15, 0.2) is 0 Å². The van der Waals surface area contributed by atoms with Crippen molar-refractivity contribution in [1.82, 2.24) is 15.0 Å². The van der Waals surface area contributed by atoms with Crippen LogP contribution in [0.4, 0.5) is 5.69 Å². The molecule has 0 fully saturated rings. The summed E-state index contributed by atoms with van der Waals surface area (Å²) < 4.78 is 28.0. The molecule has 3 aromatic carbocycles. The van der Waals surface area contributed by atoms with Crippen molar-refractivity contribution >= 4 is 15.5 Å². The summed E-state index contributed by atoms with van der Waals surface area (Å²) in [5.74, 6) is 0. The highest BCUT2D eigenvalue weighted by Gasteiger charge is 2.28. The predicted molar refractivity (Wildman–Crippen MR) is 108 cm³/mol. The maximum absolute atomic E-state index is 13.3. The van der Waals surface area contributed by atoms with Crippen LogP contribution in [0.25, 0.3) is 16.9 Å². The second-order valence-electron chi connectivity index (χ2n) is 6.43. The lowest BCUT2D eigenvalue weighted by Crippen LogP contribution is -2.06. The van der Waals surface area contributed by atoms with Crippen LogP contribution in [0.5, 0.6) is 0 Å². The Hall–Kier alpha value is -3.45. The molecule has 4 rings (SSSR count). The highest BCUT2D eigenvalue weighted by atomic mass is 32.2. The fourth-order valence-electron chi connectivity index (χ4n) is 2.91. The van der Waals surface area contributed by atoms with Gasteiger partial charge in [-0.2, -0.15) is 0 Å². The summed E-state index contributed by atoms with van der Waals surface area (Å²) in [7, 11) is -3.84. The summed E-state index contributed by atoms with van der Waals surface area (Å²) in [5, 5.41) is 8.12. The van der Waals surface area contributed by atoms with E-state index in [-0.39, 0.29) is 9.92 Å². The van der Waals surface area contributed by atoms with E-state index in [0.717, 1.165) is 5.56 Å². The fourth-order valence-corrected chi connectivity index (χ4v) is 4.26. The largest absolute Gasteiger partial charge is 0.399 e. The van der Waals surface area contributed by atoms with Crippen molar-refractivity contribution < 1.29 is 8.42 Å². The predicted octanol–water partition coefficient (Wildman–Crippen LogP) is 3.66. The Bertz CT molecular complexity index is 1210. The van der Waals surface area contributed by atoms with Crippen LogP contribution in [-0.2, 0) is 9.84 Å². The van der Waals surface area contributed by atoms with Gasteiger partial charge in [0.25, 0.3) is 0 Å². The Morgan fingerprint density at radius 1 is 0.857 bits per heavy atom. The molecule has 1 aromatic heterocycles. The van der Waals surface area contributed by atoms with Crippen molar-refractivity contribution in [2.75, 3.05) is 5.73 Å². The number of nitrogen functional groups attached to an aromatic ring is 1. The van der Waals surface area contributed by atoms with Gasteiger partial charge in [0.05, 0.1) is 10.6 Å². The van der Waals surface area contributed by atoms with E-state index in [2.05, 4.69) is 10.3 Å². The van der Waals surface area contributed by atoms with E-state index in [9.17, 15) is 8.42 Å². The Labute approximate surface area is 163 Å². The van der Waals surface area contributed by atoms with Gasteiger partial charge < -0.3 is 5.73 Å². The highest BCUT2D eigenvalue weighted by Crippen LogP contribution is 2.32. The van der Waals surface area contributed by atoms with Gasteiger partial charge in [0.1, 0.15) is 5.69 Å². The Kier molecular flexibility index (Phi) is 4.44. The molecule has 7 heteroatoms. The molecule has 0 saturated carbocycles. The average molecular weight is 390 g/mol. The average Bonchev–Trinajstić information content (AvgIpc) is 3.16. The first-order valence-corrected chi connectivity index (χ1v) is 10.1. The number of hydrogen-bond donors (Lipinski definition) is 1. The smallest absolute Gasteiger partial charge is 0.227 e. The monoisotopic (exact) mass is 390 g/mol. The Morgan fingerprint density at radius 3 is 2.14 bits per heavy atom. The molecule has 0 unspecified atom stereocenters. The normalized spacial score (nSPS) is 11.5. The molecule has 1 heterocycles.